The van der Waals surface area contributed by atoms with E-state index in [1.54, 1.807) is 31.2 Å². The highest BCUT2D eigenvalue weighted by Gasteiger charge is 2.18. The first-order chi connectivity index (χ1) is 13.5. The van der Waals surface area contributed by atoms with Crippen molar-refractivity contribution in [2.75, 3.05) is 6.61 Å². The van der Waals surface area contributed by atoms with Gasteiger partial charge in [-0.3, -0.25) is 14.9 Å². The molecule has 0 bridgehead atoms. The lowest BCUT2D eigenvalue weighted by Crippen LogP contribution is -2.33. The molecule has 0 aromatic heterocycles. The van der Waals surface area contributed by atoms with E-state index in [0.29, 0.717) is 5.56 Å². The van der Waals surface area contributed by atoms with Crippen molar-refractivity contribution in [3.63, 3.8) is 0 Å². The number of nitrogens with zero attached hydrogens (tertiary/aromatic N) is 2. The third kappa shape index (κ3) is 6.52. The quantitative estimate of drug-likeness (QED) is 0.411. The molecule has 0 unspecified atom stereocenters. The zero-order valence-electron chi connectivity index (χ0n) is 15.2. The van der Waals surface area contributed by atoms with E-state index in [0.717, 1.165) is 5.56 Å². The summed E-state index contributed by atoms with van der Waals surface area (Å²) in [7, 11) is 0. The molecule has 146 valence electrons. The Morgan fingerprint density at radius 2 is 1.86 bits per heavy atom. The summed E-state index contributed by atoms with van der Waals surface area (Å²) in [4.78, 5) is 34.1. The van der Waals surface area contributed by atoms with Gasteiger partial charge in [-0.15, -0.1) is 0 Å². The third-order valence-electron chi connectivity index (χ3n) is 3.67. The summed E-state index contributed by atoms with van der Waals surface area (Å²) in [6.07, 6.45) is 0.719. The third-order valence-corrected chi connectivity index (χ3v) is 3.67. The molecule has 0 fully saturated rings. The molecule has 0 aliphatic carbocycles. The van der Waals surface area contributed by atoms with Crippen molar-refractivity contribution in [1.82, 2.24) is 10.7 Å². The first-order valence-electron chi connectivity index (χ1n) is 8.54. The van der Waals surface area contributed by atoms with Crippen molar-refractivity contribution in [3.8, 4) is 0 Å². The van der Waals surface area contributed by atoms with Crippen molar-refractivity contribution in [1.29, 1.82) is 0 Å². The molecule has 0 saturated carbocycles. The Bertz CT molecular complexity index is 837. The van der Waals surface area contributed by atoms with Gasteiger partial charge in [-0.25, -0.2) is 10.2 Å². The minimum atomic E-state index is -0.612. The van der Waals surface area contributed by atoms with Crippen molar-refractivity contribution < 1.29 is 19.2 Å². The van der Waals surface area contributed by atoms with E-state index in [2.05, 4.69) is 15.8 Å². The average Bonchev–Trinajstić information content (AvgIpc) is 2.69. The van der Waals surface area contributed by atoms with Crippen LogP contribution in [0.5, 0.6) is 0 Å². The fourth-order valence-electron chi connectivity index (χ4n) is 2.34. The van der Waals surface area contributed by atoms with Crippen LogP contribution < -0.4 is 10.7 Å². The van der Waals surface area contributed by atoms with Gasteiger partial charge in [0.05, 0.1) is 30.2 Å². The molecule has 2 aromatic carbocycles. The van der Waals surface area contributed by atoms with Gasteiger partial charge in [-0.05, 0) is 30.2 Å². The predicted molar refractivity (Wildman–Crippen MR) is 103 cm³/mol. The second-order valence-electron chi connectivity index (χ2n) is 5.67. The van der Waals surface area contributed by atoms with E-state index in [4.69, 9.17) is 4.74 Å². The minimum Gasteiger partial charge on any atom is -0.450 e. The Morgan fingerprint density at radius 3 is 2.46 bits per heavy atom. The van der Waals surface area contributed by atoms with Crippen molar-refractivity contribution in [3.05, 3.63) is 75.8 Å². The number of ether oxygens (including phenoxy) is 1. The SMILES string of the molecule is CCOC(=O)N[C@H](CC(=O)N/N=C\c1ccc([N+](=O)[O-])cc1)c1ccccc1. The molecule has 2 N–H and O–H groups in total. The normalized spacial score (nSPS) is 11.6. The van der Waals surface area contributed by atoms with Gasteiger partial charge in [0.25, 0.3) is 5.69 Å². The molecule has 0 saturated heterocycles. The number of hydrogen-bond acceptors (Lipinski definition) is 6. The van der Waals surface area contributed by atoms with Crippen LogP contribution in [0.4, 0.5) is 10.5 Å². The zero-order valence-corrected chi connectivity index (χ0v) is 15.2. The van der Waals surface area contributed by atoms with E-state index in [1.807, 2.05) is 6.07 Å². The first-order valence-corrected chi connectivity index (χ1v) is 8.54. The van der Waals surface area contributed by atoms with Crippen molar-refractivity contribution in [2.45, 2.75) is 19.4 Å². The topological polar surface area (TPSA) is 123 Å². The molecule has 2 amide bonds. The number of non-ortho nitro benzene ring substituents is 1. The molecule has 2 aromatic rings. The van der Waals surface area contributed by atoms with Crippen molar-refractivity contribution >= 4 is 23.9 Å². The number of rotatable bonds is 8. The minimum absolute atomic E-state index is 0.0306. The van der Waals surface area contributed by atoms with Crippen LogP contribution in [0.15, 0.2) is 59.7 Å². The molecule has 0 aliphatic rings. The maximum Gasteiger partial charge on any atom is 0.407 e. The van der Waals surface area contributed by atoms with Gasteiger partial charge in [0, 0.05) is 12.1 Å². The fourth-order valence-corrected chi connectivity index (χ4v) is 2.34. The maximum atomic E-state index is 12.2. The lowest BCUT2D eigenvalue weighted by Gasteiger charge is -2.18. The lowest BCUT2D eigenvalue weighted by molar-refractivity contribution is -0.384. The maximum absolute atomic E-state index is 12.2. The van der Waals surface area contributed by atoms with Crippen LogP contribution in [-0.4, -0.2) is 29.7 Å². The van der Waals surface area contributed by atoms with Crippen LogP contribution in [0.1, 0.15) is 30.5 Å². The standard InChI is InChI=1S/C19H20N4O5/c1-2-28-19(25)21-17(15-6-4-3-5-7-15)12-18(24)22-20-13-14-8-10-16(11-9-14)23(26)27/h3-11,13,17H,2,12H2,1H3,(H,21,25)(H,22,24)/b20-13-/t17-/m1/s1. The monoisotopic (exact) mass is 384 g/mol. The molecule has 9 heteroatoms. The number of carbonyl (C=O) groups is 2. The van der Waals surface area contributed by atoms with E-state index >= 15 is 0 Å². The summed E-state index contributed by atoms with van der Waals surface area (Å²) in [5, 5.41) is 17.1. The Morgan fingerprint density at radius 1 is 1.18 bits per heavy atom. The highest BCUT2D eigenvalue weighted by Crippen LogP contribution is 2.16. The molecule has 2 rings (SSSR count). The smallest absolute Gasteiger partial charge is 0.407 e. The molecule has 9 nitrogen and oxygen atoms in total. The van der Waals surface area contributed by atoms with Crippen LogP contribution in [-0.2, 0) is 9.53 Å². The molecule has 0 heterocycles. The summed E-state index contributed by atoms with van der Waals surface area (Å²) in [6.45, 7) is 1.91. The number of hydrogen-bond donors (Lipinski definition) is 2. The Balaban J connectivity index is 1.96. The van der Waals surface area contributed by atoms with Crippen LogP contribution in [0.3, 0.4) is 0 Å². The lowest BCUT2D eigenvalue weighted by atomic mass is 10.0. The molecule has 0 radical (unpaired) electrons. The number of benzene rings is 2. The second kappa shape index (κ2) is 10.4. The fraction of sp³-hybridized carbons (Fsp3) is 0.211. The van der Waals surface area contributed by atoms with Crippen LogP contribution in [0.25, 0.3) is 0 Å². The Hall–Kier alpha value is -3.75. The molecular formula is C19H20N4O5. The summed E-state index contributed by atoms with van der Waals surface area (Å²) in [5.41, 5.74) is 3.70. The molecule has 0 spiro atoms. The highest BCUT2D eigenvalue weighted by molar-refractivity contribution is 5.83. The van der Waals surface area contributed by atoms with Gasteiger partial charge < -0.3 is 10.1 Å². The summed E-state index contributed by atoms with van der Waals surface area (Å²) in [5.74, 6) is -0.413. The number of nitro benzene ring substituents is 1. The van der Waals surface area contributed by atoms with E-state index in [1.165, 1.54) is 30.5 Å². The van der Waals surface area contributed by atoms with Crippen molar-refractivity contribution in [2.24, 2.45) is 5.10 Å². The summed E-state index contributed by atoms with van der Waals surface area (Å²) in [6, 6.07) is 14.2. The molecule has 28 heavy (non-hydrogen) atoms. The largest absolute Gasteiger partial charge is 0.450 e. The average molecular weight is 384 g/mol. The van der Waals surface area contributed by atoms with Gasteiger partial charge in [0.2, 0.25) is 5.91 Å². The van der Waals surface area contributed by atoms with Crippen LogP contribution in [0.2, 0.25) is 0 Å². The number of nitro groups is 1. The van der Waals surface area contributed by atoms with Gasteiger partial charge in [-0.1, -0.05) is 30.3 Å². The summed E-state index contributed by atoms with van der Waals surface area (Å²) >= 11 is 0. The number of carbonyl (C=O) groups excluding carboxylic acids is 2. The second-order valence-corrected chi connectivity index (χ2v) is 5.67. The molecular weight excluding hydrogens is 364 g/mol. The van der Waals surface area contributed by atoms with Gasteiger partial charge in [0.15, 0.2) is 0 Å². The molecule has 1 atom stereocenters. The molecule has 0 aliphatic heterocycles. The summed E-state index contributed by atoms with van der Waals surface area (Å²) < 4.78 is 4.88. The van der Waals surface area contributed by atoms with E-state index in [9.17, 15) is 19.7 Å². The van der Waals surface area contributed by atoms with Gasteiger partial charge >= 0.3 is 6.09 Å². The number of alkyl carbamates (subject to hydrolysis) is 1. The van der Waals surface area contributed by atoms with E-state index in [-0.39, 0.29) is 18.7 Å². The highest BCUT2D eigenvalue weighted by atomic mass is 16.6. The Kier molecular flexibility index (Phi) is 7.64. The predicted octanol–water partition coefficient (Wildman–Crippen LogP) is 2.92. The zero-order chi connectivity index (χ0) is 20.4. The van der Waals surface area contributed by atoms with Crippen LogP contribution in [0, 0.1) is 10.1 Å². The number of hydrazone groups is 1. The van der Waals surface area contributed by atoms with Gasteiger partial charge in [0.1, 0.15) is 0 Å². The van der Waals surface area contributed by atoms with Crippen LogP contribution >= 0.6 is 0 Å². The first kappa shape index (κ1) is 20.6. The number of amides is 2. The number of nitrogens with one attached hydrogen (secondary N) is 2. The Labute approximate surface area is 161 Å². The van der Waals surface area contributed by atoms with Gasteiger partial charge in [-0.2, -0.15) is 5.10 Å². The van der Waals surface area contributed by atoms with E-state index < -0.39 is 23.0 Å².